The number of nitrogens with two attached hydrogens (primary N) is 1. The van der Waals surface area contributed by atoms with Crippen molar-refractivity contribution in [1.82, 2.24) is 19.9 Å². The molecule has 9 nitrogen and oxygen atoms in total. The second-order valence-corrected chi connectivity index (χ2v) is 10.9. The number of halogens is 6. The zero-order valence-corrected chi connectivity index (χ0v) is 25.5. The number of anilines is 1. The molecule has 1 aliphatic rings. The molecular weight excluding hydrogens is 630 g/mol. The molecule has 0 unspecified atom stereocenters. The number of hydrogen-bond acceptors (Lipinski definition) is 8. The van der Waals surface area contributed by atoms with Gasteiger partial charge in [-0.2, -0.15) is 26.3 Å². The third kappa shape index (κ3) is 6.84. The first-order valence-corrected chi connectivity index (χ1v) is 14.5. The first-order valence-electron chi connectivity index (χ1n) is 14.5. The molecular formula is C32H30F6N6O3. The maximum atomic E-state index is 13.7. The molecule has 3 aromatic heterocycles. The van der Waals surface area contributed by atoms with E-state index in [-0.39, 0.29) is 48.5 Å². The molecule has 0 fully saturated rings. The maximum absolute atomic E-state index is 13.7. The van der Waals surface area contributed by atoms with Crippen molar-refractivity contribution in [3.63, 3.8) is 0 Å². The quantitative estimate of drug-likeness (QED) is 0.208. The van der Waals surface area contributed by atoms with Crippen LogP contribution in [-0.2, 0) is 23.5 Å². The minimum atomic E-state index is -5.02. The van der Waals surface area contributed by atoms with Crippen LogP contribution in [0.2, 0.25) is 0 Å². The van der Waals surface area contributed by atoms with Crippen LogP contribution < -0.4 is 15.4 Å². The number of aromatic nitrogens is 4. The molecule has 248 valence electrons. The van der Waals surface area contributed by atoms with E-state index in [9.17, 15) is 31.1 Å². The van der Waals surface area contributed by atoms with E-state index < -0.39 is 47.6 Å². The summed E-state index contributed by atoms with van der Waals surface area (Å²) in [5, 5.41) is 0. The highest BCUT2D eigenvalue weighted by molar-refractivity contribution is 5.91. The van der Waals surface area contributed by atoms with Gasteiger partial charge in [0, 0.05) is 42.2 Å². The molecule has 47 heavy (non-hydrogen) atoms. The summed E-state index contributed by atoms with van der Waals surface area (Å²) < 4.78 is 92.9. The van der Waals surface area contributed by atoms with E-state index in [1.165, 1.54) is 30.6 Å². The number of carbonyl (C=O) groups is 1. The van der Waals surface area contributed by atoms with Gasteiger partial charge in [-0.05, 0) is 55.7 Å². The molecule has 1 amide bonds. The number of amides is 1. The predicted molar refractivity (Wildman–Crippen MR) is 158 cm³/mol. The largest absolute Gasteiger partial charge is 0.481 e. The maximum Gasteiger partial charge on any atom is 0.416 e. The van der Waals surface area contributed by atoms with Gasteiger partial charge in [0.05, 0.1) is 47.8 Å². The second-order valence-electron chi connectivity index (χ2n) is 10.9. The molecule has 1 aromatic carbocycles. The fourth-order valence-corrected chi connectivity index (χ4v) is 5.59. The smallest absolute Gasteiger partial charge is 0.416 e. The number of fused-ring (bicyclic) bond motifs is 1. The van der Waals surface area contributed by atoms with Crippen LogP contribution in [-0.4, -0.2) is 45.4 Å². The van der Waals surface area contributed by atoms with Crippen molar-refractivity contribution < 1.29 is 40.6 Å². The van der Waals surface area contributed by atoms with Crippen LogP contribution in [0.3, 0.4) is 0 Å². The van der Waals surface area contributed by atoms with Crippen molar-refractivity contribution in [3.8, 4) is 17.0 Å². The number of benzene rings is 1. The Hall–Kier alpha value is -4.79. The number of methoxy groups -OCH3 is 1. The van der Waals surface area contributed by atoms with E-state index in [1.54, 1.807) is 38.1 Å². The highest BCUT2D eigenvalue weighted by Crippen LogP contribution is 2.46. The Labute approximate surface area is 265 Å². The Morgan fingerprint density at radius 1 is 1.02 bits per heavy atom. The average Bonchev–Trinajstić information content (AvgIpc) is 3.03. The normalized spacial score (nSPS) is 18.1. The fourth-order valence-electron chi connectivity index (χ4n) is 5.59. The van der Waals surface area contributed by atoms with Gasteiger partial charge in [-0.15, -0.1) is 0 Å². The lowest BCUT2D eigenvalue weighted by atomic mass is 9.83. The lowest BCUT2D eigenvalue weighted by Crippen LogP contribution is -2.61. The fraction of sp³-hybridized carbons (Fsp3) is 0.344. The Morgan fingerprint density at radius 2 is 1.72 bits per heavy atom. The van der Waals surface area contributed by atoms with Gasteiger partial charge in [0.1, 0.15) is 11.5 Å². The van der Waals surface area contributed by atoms with E-state index >= 15 is 0 Å². The molecule has 0 saturated heterocycles. The SMILES string of the molecule is CCOC(=O)N1c2ccc(OC)nc2[C@@H](c2ncc(-c3cccnc3)c(Cc3cc(C(F)(F)F)cc(C(F)(F)F)c3)n2)C[C@@]1(N)CC. The second kappa shape index (κ2) is 12.8. The molecule has 0 aliphatic carbocycles. The summed E-state index contributed by atoms with van der Waals surface area (Å²) in [4.78, 5) is 32.5. The van der Waals surface area contributed by atoms with Crippen LogP contribution in [0.1, 0.15) is 66.5 Å². The van der Waals surface area contributed by atoms with Gasteiger partial charge in [-0.25, -0.2) is 19.7 Å². The standard InChI is InChI=1S/C32H30F6N6O3/c1-4-30(39)15-22(27-25(8-9-26(43-27)46-3)44(30)29(45)47-5-2)28-41-17-23(19-7-6-10-40-16-19)24(42-28)13-18-11-20(31(33,34)35)14-21(12-18)32(36,37)38/h6-12,14,16-17,22H,4-5,13,15,39H2,1-3H3/t22-,30+/m0/s1. The summed E-state index contributed by atoms with van der Waals surface area (Å²) in [5.41, 5.74) is 4.03. The van der Waals surface area contributed by atoms with Crippen LogP contribution in [0, 0.1) is 0 Å². The number of hydrogen-bond donors (Lipinski definition) is 1. The number of nitrogens with zero attached hydrogens (tertiary/aromatic N) is 5. The van der Waals surface area contributed by atoms with Crippen LogP contribution in [0.15, 0.2) is 61.1 Å². The summed E-state index contributed by atoms with van der Waals surface area (Å²) >= 11 is 0. The van der Waals surface area contributed by atoms with Gasteiger partial charge in [-0.1, -0.05) is 13.0 Å². The Bertz CT molecular complexity index is 1740. The monoisotopic (exact) mass is 660 g/mol. The Kier molecular flexibility index (Phi) is 9.13. The van der Waals surface area contributed by atoms with Crippen molar-refractivity contribution in [2.24, 2.45) is 5.73 Å². The molecule has 4 heterocycles. The number of pyridine rings is 2. The summed E-state index contributed by atoms with van der Waals surface area (Å²) in [6, 6.07) is 7.87. The van der Waals surface area contributed by atoms with Gasteiger partial charge in [-0.3, -0.25) is 9.88 Å². The number of ether oxygens (including phenoxy) is 2. The molecule has 2 atom stereocenters. The Morgan fingerprint density at radius 3 is 2.30 bits per heavy atom. The van der Waals surface area contributed by atoms with Crippen molar-refractivity contribution in [1.29, 1.82) is 0 Å². The number of rotatable bonds is 7. The summed E-state index contributed by atoms with van der Waals surface area (Å²) in [6.45, 7) is 3.53. The van der Waals surface area contributed by atoms with Crippen molar-refractivity contribution >= 4 is 11.8 Å². The zero-order valence-electron chi connectivity index (χ0n) is 25.5. The highest BCUT2D eigenvalue weighted by Gasteiger charge is 2.47. The van der Waals surface area contributed by atoms with E-state index in [4.69, 9.17) is 20.2 Å². The lowest BCUT2D eigenvalue weighted by molar-refractivity contribution is -0.143. The van der Waals surface area contributed by atoms with E-state index in [0.717, 1.165) is 0 Å². The van der Waals surface area contributed by atoms with Crippen LogP contribution >= 0.6 is 0 Å². The van der Waals surface area contributed by atoms with Gasteiger partial charge in [0.15, 0.2) is 0 Å². The zero-order chi connectivity index (χ0) is 34.1. The van der Waals surface area contributed by atoms with Crippen LogP contribution in [0.5, 0.6) is 5.88 Å². The molecule has 0 spiro atoms. The Balaban J connectivity index is 1.70. The molecule has 0 radical (unpaired) electrons. The third-order valence-corrected chi connectivity index (χ3v) is 7.91. The molecule has 4 aromatic rings. The molecule has 0 bridgehead atoms. The van der Waals surface area contributed by atoms with Gasteiger partial charge in [0.25, 0.3) is 0 Å². The number of carbonyl (C=O) groups excluding carboxylic acids is 1. The summed E-state index contributed by atoms with van der Waals surface area (Å²) in [7, 11) is 1.41. The average molecular weight is 661 g/mol. The van der Waals surface area contributed by atoms with Gasteiger partial charge in [0.2, 0.25) is 5.88 Å². The summed E-state index contributed by atoms with van der Waals surface area (Å²) in [5.74, 6) is -0.399. The summed E-state index contributed by atoms with van der Waals surface area (Å²) in [6.07, 6.45) is -6.38. The molecule has 15 heteroatoms. The predicted octanol–water partition coefficient (Wildman–Crippen LogP) is 7.13. The van der Waals surface area contributed by atoms with Crippen LogP contribution in [0.4, 0.5) is 36.8 Å². The molecule has 1 aliphatic heterocycles. The minimum absolute atomic E-state index is 0.0585. The highest BCUT2D eigenvalue weighted by atomic mass is 19.4. The van der Waals surface area contributed by atoms with Crippen molar-refractivity contribution in [3.05, 3.63) is 95.0 Å². The third-order valence-electron chi connectivity index (χ3n) is 7.91. The molecule has 0 saturated carbocycles. The van der Waals surface area contributed by atoms with Crippen molar-refractivity contribution in [2.75, 3.05) is 18.6 Å². The van der Waals surface area contributed by atoms with Gasteiger partial charge < -0.3 is 15.2 Å². The molecule has 2 N–H and O–H groups in total. The van der Waals surface area contributed by atoms with E-state index in [2.05, 4.69) is 15.0 Å². The first-order chi connectivity index (χ1) is 22.2. The topological polar surface area (TPSA) is 116 Å². The van der Waals surface area contributed by atoms with Gasteiger partial charge >= 0.3 is 18.4 Å². The first kappa shape index (κ1) is 33.6. The number of alkyl halides is 6. The van der Waals surface area contributed by atoms with Crippen LogP contribution in [0.25, 0.3) is 11.1 Å². The molecule has 5 rings (SSSR count). The lowest BCUT2D eigenvalue weighted by Gasteiger charge is -2.46. The van der Waals surface area contributed by atoms with E-state index in [1.807, 2.05) is 0 Å². The van der Waals surface area contributed by atoms with E-state index in [0.29, 0.717) is 34.6 Å². The minimum Gasteiger partial charge on any atom is -0.481 e. The van der Waals surface area contributed by atoms with Crippen molar-refractivity contribution in [2.45, 2.75) is 57.0 Å².